The predicted octanol–water partition coefficient (Wildman–Crippen LogP) is 6.64. The zero-order chi connectivity index (χ0) is 21.4. The second-order valence-corrected chi connectivity index (χ2v) is 26.2. The summed E-state index contributed by atoms with van der Waals surface area (Å²) in [5.41, 5.74) is 0. The molecule has 0 aromatic rings. The van der Waals surface area contributed by atoms with E-state index in [0.29, 0.717) is 0 Å². The highest BCUT2D eigenvalue weighted by Gasteiger charge is 2.41. The molecule has 0 saturated heterocycles. The van der Waals surface area contributed by atoms with Crippen LogP contribution in [-0.4, -0.2) is 44.8 Å². The van der Waals surface area contributed by atoms with E-state index in [1.54, 1.807) is 6.92 Å². The van der Waals surface area contributed by atoms with Crippen molar-refractivity contribution in [1.29, 1.82) is 0 Å². The Balaban J connectivity index is -0.000000491. The lowest BCUT2D eigenvalue weighted by Gasteiger charge is -2.39. The van der Waals surface area contributed by atoms with Crippen LogP contribution >= 0.6 is 0 Å². The van der Waals surface area contributed by atoms with Gasteiger partial charge in [-0.1, -0.05) is 34.1 Å². The Morgan fingerprint density at radius 2 is 1.15 bits per heavy atom. The first-order valence-electron chi connectivity index (χ1n) is 9.63. The summed E-state index contributed by atoms with van der Waals surface area (Å²) >= 11 is 0. The van der Waals surface area contributed by atoms with E-state index in [0.717, 1.165) is 19.3 Å². The molecule has 0 aromatic heterocycles. The summed E-state index contributed by atoms with van der Waals surface area (Å²) in [6, 6.07) is 0. The van der Waals surface area contributed by atoms with Gasteiger partial charge in [0.1, 0.15) is 0 Å². The second kappa shape index (κ2) is 12.7. The zero-order valence-corrected chi connectivity index (χ0v) is 23.3. The van der Waals surface area contributed by atoms with Crippen molar-refractivity contribution in [3.8, 4) is 0 Å². The van der Waals surface area contributed by atoms with Crippen LogP contribution in [0, 0.1) is 5.92 Å². The van der Waals surface area contributed by atoms with E-state index in [1.807, 2.05) is 0 Å². The predicted molar refractivity (Wildman–Crippen MR) is 128 cm³/mol. The lowest BCUT2D eigenvalue weighted by molar-refractivity contribution is -0.141. The van der Waals surface area contributed by atoms with Crippen molar-refractivity contribution >= 4 is 39.7 Å². The molecule has 0 amide bonds. The van der Waals surface area contributed by atoms with Gasteiger partial charge in [-0.2, -0.15) is 0 Å². The maximum Gasteiger partial charge on any atom is 0.312 e. The second-order valence-electron chi connectivity index (χ2n) is 9.71. The number of carbonyl (C=O) groups is 1. The molecule has 0 fully saturated rings. The molecular weight excluding hydrogens is 409 g/mol. The Morgan fingerprint density at radius 1 is 0.815 bits per heavy atom. The minimum Gasteiger partial charge on any atom is -0.481 e. The molecule has 5 nitrogen and oxygen atoms in total. The molecular formula is C18H48O5Si4. The van der Waals surface area contributed by atoms with Gasteiger partial charge >= 0.3 is 23.1 Å². The molecule has 0 spiro atoms. The topological polar surface area (TPSA) is 65.0 Å². The molecule has 0 rings (SSSR count). The van der Waals surface area contributed by atoms with E-state index in [9.17, 15) is 4.79 Å². The van der Waals surface area contributed by atoms with Gasteiger partial charge in [0.25, 0.3) is 0 Å². The quantitative estimate of drug-likeness (QED) is 0.373. The zero-order valence-electron chi connectivity index (χ0n) is 19.3. The van der Waals surface area contributed by atoms with Crippen molar-refractivity contribution < 1.29 is 22.2 Å². The van der Waals surface area contributed by atoms with Gasteiger partial charge in [0.15, 0.2) is 16.6 Å². The third-order valence-corrected chi connectivity index (χ3v) is 15.8. The number of hydrogen-bond donors (Lipinski definition) is 1. The highest BCUT2D eigenvalue weighted by molar-refractivity contribution is 6.89. The van der Waals surface area contributed by atoms with E-state index < -0.39 is 39.7 Å². The van der Waals surface area contributed by atoms with Gasteiger partial charge in [0, 0.05) is 0 Å². The number of rotatable bonds is 10. The summed E-state index contributed by atoms with van der Waals surface area (Å²) in [6.07, 6.45) is 2.91. The van der Waals surface area contributed by atoms with Gasteiger partial charge in [0.2, 0.25) is 0 Å². The van der Waals surface area contributed by atoms with E-state index in [4.69, 9.17) is 17.5 Å². The Kier molecular flexibility index (Phi) is 15.0. The lowest BCUT2D eigenvalue weighted by atomic mass is 10.1. The SMILES string of the molecule is C.CCCCC(C)C(=O)O.C[Si](C)(C)O[Si](C)(C)O[Si](C)(C)O[Si](C)(C)C. The molecule has 0 saturated carbocycles. The fourth-order valence-electron chi connectivity index (χ4n) is 2.74. The molecule has 0 radical (unpaired) electrons. The molecule has 27 heavy (non-hydrogen) atoms. The Morgan fingerprint density at radius 3 is 1.37 bits per heavy atom. The molecule has 0 bridgehead atoms. The van der Waals surface area contributed by atoms with Gasteiger partial charge < -0.3 is 17.5 Å². The highest BCUT2D eigenvalue weighted by Crippen LogP contribution is 2.23. The fraction of sp³-hybridized carbons (Fsp3) is 0.944. The maximum absolute atomic E-state index is 10.2. The molecule has 9 heteroatoms. The summed E-state index contributed by atoms with van der Waals surface area (Å²) in [6.45, 7) is 25.6. The number of hydrogen-bond acceptors (Lipinski definition) is 4. The average Bonchev–Trinajstić information content (AvgIpc) is 2.28. The number of carboxylic acid groups (broad SMARTS) is 1. The van der Waals surface area contributed by atoms with Crippen LogP contribution < -0.4 is 0 Å². The van der Waals surface area contributed by atoms with E-state index >= 15 is 0 Å². The maximum atomic E-state index is 10.2. The van der Waals surface area contributed by atoms with Crippen molar-refractivity contribution in [1.82, 2.24) is 0 Å². The summed E-state index contributed by atoms with van der Waals surface area (Å²) < 4.78 is 18.7. The first-order chi connectivity index (χ1) is 11.3. The van der Waals surface area contributed by atoms with Crippen molar-refractivity contribution in [3.63, 3.8) is 0 Å². The molecule has 0 aliphatic rings. The highest BCUT2D eigenvalue weighted by atomic mass is 28.5. The molecule has 1 atom stereocenters. The third-order valence-electron chi connectivity index (χ3n) is 3.01. The molecule has 1 unspecified atom stereocenters. The van der Waals surface area contributed by atoms with Crippen LogP contribution in [0.1, 0.15) is 40.5 Å². The standard InChI is InChI=1S/C10H30O3Si4.C7H14O2.CH4/c1-14(2,3)11-16(7,8)13-17(9,10)12-15(4,5)6;1-3-4-5-6(2)7(8)9;/h1-10H3;6H,3-5H2,1-2H3,(H,8,9);1H4. The molecule has 166 valence electrons. The summed E-state index contributed by atoms with van der Waals surface area (Å²) in [5, 5.41) is 8.41. The Labute approximate surface area is 174 Å². The molecule has 0 aliphatic heterocycles. The van der Waals surface area contributed by atoms with Crippen LogP contribution in [0.2, 0.25) is 65.5 Å². The van der Waals surface area contributed by atoms with E-state index in [-0.39, 0.29) is 13.3 Å². The summed E-state index contributed by atoms with van der Waals surface area (Å²) in [5.74, 6) is -0.839. The van der Waals surface area contributed by atoms with Crippen molar-refractivity contribution in [3.05, 3.63) is 0 Å². The minimum atomic E-state index is -2.05. The Hall–Kier alpha value is 0.218. The normalized spacial score (nSPS) is 13.9. The fourth-order valence-corrected chi connectivity index (χ4v) is 20.4. The van der Waals surface area contributed by atoms with Gasteiger partial charge in [-0.05, 0) is 71.9 Å². The molecule has 0 heterocycles. The largest absolute Gasteiger partial charge is 0.481 e. The molecule has 0 aliphatic carbocycles. The van der Waals surface area contributed by atoms with Crippen molar-refractivity contribution in [2.75, 3.05) is 0 Å². The van der Waals surface area contributed by atoms with E-state index in [1.165, 1.54) is 0 Å². The third kappa shape index (κ3) is 22.4. The number of carboxylic acids is 1. The molecule has 1 N–H and O–H groups in total. The van der Waals surface area contributed by atoms with Crippen LogP contribution in [0.5, 0.6) is 0 Å². The van der Waals surface area contributed by atoms with Gasteiger partial charge in [0.05, 0.1) is 5.92 Å². The summed E-state index contributed by atoms with van der Waals surface area (Å²) in [4.78, 5) is 10.2. The summed E-state index contributed by atoms with van der Waals surface area (Å²) in [7, 11) is -7.18. The van der Waals surface area contributed by atoms with Crippen LogP contribution in [0.3, 0.4) is 0 Å². The van der Waals surface area contributed by atoms with Gasteiger partial charge in [-0.25, -0.2) is 0 Å². The number of aliphatic carboxylic acids is 1. The van der Waals surface area contributed by atoms with Gasteiger partial charge in [-0.15, -0.1) is 0 Å². The van der Waals surface area contributed by atoms with Crippen LogP contribution in [0.15, 0.2) is 0 Å². The van der Waals surface area contributed by atoms with Gasteiger partial charge in [-0.3, -0.25) is 4.79 Å². The van der Waals surface area contributed by atoms with Crippen molar-refractivity contribution in [2.24, 2.45) is 5.92 Å². The average molecular weight is 457 g/mol. The van der Waals surface area contributed by atoms with Crippen LogP contribution in [0.4, 0.5) is 0 Å². The minimum absolute atomic E-state index is 0. The van der Waals surface area contributed by atoms with E-state index in [2.05, 4.69) is 72.4 Å². The first-order valence-corrected chi connectivity index (χ1v) is 22.1. The number of unbranched alkanes of at least 4 members (excludes halogenated alkanes) is 1. The van der Waals surface area contributed by atoms with Crippen LogP contribution in [-0.2, 0) is 17.1 Å². The lowest BCUT2D eigenvalue weighted by Crippen LogP contribution is -2.55. The van der Waals surface area contributed by atoms with Crippen LogP contribution in [0.25, 0.3) is 0 Å². The monoisotopic (exact) mass is 456 g/mol. The first kappa shape index (κ1) is 31.9. The Bertz CT molecular complexity index is 389. The smallest absolute Gasteiger partial charge is 0.312 e. The molecule has 0 aromatic carbocycles. The van der Waals surface area contributed by atoms with Crippen molar-refractivity contribution in [2.45, 2.75) is 106 Å².